The predicted molar refractivity (Wildman–Crippen MR) is 80.5 cm³/mol. The molecule has 3 aromatic rings. The van der Waals surface area contributed by atoms with Gasteiger partial charge in [0.15, 0.2) is 0 Å². The molecule has 0 saturated heterocycles. The average Bonchev–Trinajstić information content (AvgIpc) is 2.92. The Labute approximate surface area is 134 Å². The molecule has 0 aliphatic carbocycles. The van der Waals surface area contributed by atoms with Crippen LogP contribution in [0.5, 0.6) is 0 Å². The van der Waals surface area contributed by atoms with Gasteiger partial charge in [-0.1, -0.05) is 36.4 Å². The number of rotatable bonds is 3. The Kier molecular flexibility index (Phi) is 3.84. The minimum absolute atomic E-state index is 0.0481. The van der Waals surface area contributed by atoms with Crippen LogP contribution in [0.1, 0.15) is 10.5 Å². The van der Waals surface area contributed by atoms with E-state index in [1.807, 2.05) is 0 Å². The van der Waals surface area contributed by atoms with Crippen molar-refractivity contribution in [2.45, 2.75) is 6.18 Å². The van der Waals surface area contributed by atoms with Gasteiger partial charge in [0.1, 0.15) is 0 Å². The quantitative estimate of drug-likeness (QED) is 0.589. The summed E-state index contributed by atoms with van der Waals surface area (Å²) in [5, 5.41) is 0. The number of hydrogen-bond donors (Lipinski definition) is 1. The van der Waals surface area contributed by atoms with Crippen molar-refractivity contribution in [2.75, 3.05) is 5.73 Å². The number of carbonyl (C=O) groups excluding carboxylic acids is 1. The summed E-state index contributed by atoms with van der Waals surface area (Å²) >= 11 is 0. The molecule has 0 atom stereocenters. The van der Waals surface area contributed by atoms with Crippen LogP contribution in [0.2, 0.25) is 0 Å². The van der Waals surface area contributed by atoms with Crippen molar-refractivity contribution in [3.05, 3.63) is 66.4 Å². The SMILES string of the molecule is Nc1oc(-c2ccccc2)[n+](-c2ccccc2)c1C(=O)C(F)(F)F. The molecule has 0 spiro atoms. The topological polar surface area (TPSA) is 60.1 Å². The van der Waals surface area contributed by atoms with E-state index in [-0.39, 0.29) is 5.89 Å². The molecule has 7 heteroatoms. The molecule has 1 heterocycles. The number of ketones is 1. The van der Waals surface area contributed by atoms with Gasteiger partial charge in [0.05, 0.1) is 5.56 Å². The second-order valence-corrected chi connectivity index (χ2v) is 4.98. The highest BCUT2D eigenvalue weighted by molar-refractivity contribution is 6.00. The van der Waals surface area contributed by atoms with Crippen LogP contribution in [0.3, 0.4) is 0 Å². The van der Waals surface area contributed by atoms with Crippen molar-refractivity contribution in [3.63, 3.8) is 0 Å². The summed E-state index contributed by atoms with van der Waals surface area (Å²) in [5.74, 6) is -2.60. The number of Topliss-reactive ketones (excluding diaryl/α,β-unsaturated/α-hetero) is 1. The molecular weight excluding hydrogens is 321 g/mol. The number of hydrogen-bond acceptors (Lipinski definition) is 3. The van der Waals surface area contributed by atoms with Gasteiger partial charge in [-0.05, 0) is 12.1 Å². The first-order chi connectivity index (χ1) is 11.4. The number of halogens is 3. The average molecular weight is 333 g/mol. The third kappa shape index (κ3) is 2.76. The van der Waals surface area contributed by atoms with Crippen molar-refractivity contribution in [2.24, 2.45) is 0 Å². The van der Waals surface area contributed by atoms with Crippen LogP contribution in [0.4, 0.5) is 19.1 Å². The first-order valence-corrected chi connectivity index (χ1v) is 6.96. The largest absolute Gasteiger partial charge is 0.461 e. The Morgan fingerprint density at radius 3 is 2.04 bits per heavy atom. The fourth-order valence-corrected chi connectivity index (χ4v) is 2.35. The number of nitrogens with two attached hydrogens (primary N) is 1. The molecule has 0 saturated carbocycles. The summed E-state index contributed by atoms with van der Waals surface area (Å²) in [6, 6.07) is 16.6. The van der Waals surface area contributed by atoms with Crippen molar-refractivity contribution >= 4 is 11.7 Å². The van der Waals surface area contributed by atoms with Gasteiger partial charge in [-0.25, -0.2) is 0 Å². The Balaban J connectivity index is 2.31. The van der Waals surface area contributed by atoms with E-state index in [2.05, 4.69) is 0 Å². The first kappa shape index (κ1) is 15.8. The van der Waals surface area contributed by atoms with Crippen molar-refractivity contribution in [3.8, 4) is 17.1 Å². The lowest BCUT2D eigenvalue weighted by atomic mass is 10.2. The summed E-state index contributed by atoms with van der Waals surface area (Å²) in [6.07, 6.45) is -5.07. The van der Waals surface area contributed by atoms with Crippen LogP contribution >= 0.6 is 0 Å². The number of alkyl halides is 3. The highest BCUT2D eigenvalue weighted by Crippen LogP contribution is 2.29. The third-order valence-electron chi connectivity index (χ3n) is 3.37. The number of carbonyl (C=O) groups is 1. The van der Waals surface area contributed by atoms with Crippen molar-refractivity contribution < 1.29 is 27.0 Å². The van der Waals surface area contributed by atoms with E-state index in [4.69, 9.17) is 10.2 Å². The van der Waals surface area contributed by atoms with Gasteiger partial charge in [0.25, 0.3) is 5.88 Å². The van der Waals surface area contributed by atoms with Gasteiger partial charge in [0, 0.05) is 12.1 Å². The van der Waals surface area contributed by atoms with Gasteiger partial charge in [0.2, 0.25) is 5.69 Å². The monoisotopic (exact) mass is 333 g/mol. The maximum absolute atomic E-state index is 13.0. The smallest absolute Gasteiger partial charge is 0.380 e. The molecule has 0 fully saturated rings. The Morgan fingerprint density at radius 1 is 0.958 bits per heavy atom. The van der Waals surface area contributed by atoms with E-state index in [1.165, 1.54) is 0 Å². The molecule has 2 aromatic carbocycles. The van der Waals surface area contributed by atoms with Crippen LogP contribution in [-0.2, 0) is 0 Å². The summed E-state index contributed by atoms with van der Waals surface area (Å²) in [5.41, 5.74) is 5.70. The molecule has 0 amide bonds. The lowest BCUT2D eigenvalue weighted by Crippen LogP contribution is -2.41. The van der Waals surface area contributed by atoms with E-state index in [1.54, 1.807) is 60.7 Å². The summed E-state index contributed by atoms with van der Waals surface area (Å²) < 4.78 is 45.3. The van der Waals surface area contributed by atoms with Gasteiger partial charge < -0.3 is 10.2 Å². The summed E-state index contributed by atoms with van der Waals surface area (Å²) in [7, 11) is 0. The molecule has 4 nitrogen and oxygen atoms in total. The van der Waals surface area contributed by atoms with Crippen LogP contribution in [0, 0.1) is 0 Å². The molecule has 0 radical (unpaired) electrons. The predicted octanol–water partition coefficient (Wildman–Crippen LogP) is 3.55. The maximum Gasteiger partial charge on any atom is 0.461 e. The highest BCUT2D eigenvalue weighted by atomic mass is 19.4. The van der Waals surface area contributed by atoms with E-state index in [9.17, 15) is 18.0 Å². The van der Waals surface area contributed by atoms with Crippen LogP contribution < -0.4 is 10.3 Å². The normalized spacial score (nSPS) is 11.5. The molecular formula is C17H12F3N2O2+. The lowest BCUT2D eigenvalue weighted by Gasteiger charge is -2.02. The van der Waals surface area contributed by atoms with E-state index in [0.717, 1.165) is 4.57 Å². The number of anilines is 1. The molecule has 0 aliphatic rings. The summed E-state index contributed by atoms with van der Waals surface area (Å²) in [4.78, 5) is 11.8. The molecule has 0 bridgehead atoms. The minimum Gasteiger partial charge on any atom is -0.380 e. The molecule has 3 rings (SSSR count). The first-order valence-electron chi connectivity index (χ1n) is 6.96. The molecule has 1 aromatic heterocycles. The number of aromatic nitrogens is 1. The number of oxazole rings is 1. The second kappa shape index (κ2) is 5.84. The zero-order valence-corrected chi connectivity index (χ0v) is 12.2. The van der Waals surface area contributed by atoms with Crippen LogP contribution in [0.25, 0.3) is 17.1 Å². The van der Waals surface area contributed by atoms with Gasteiger partial charge in [-0.2, -0.15) is 13.2 Å². The summed E-state index contributed by atoms with van der Waals surface area (Å²) in [6.45, 7) is 0. The van der Waals surface area contributed by atoms with E-state index < -0.39 is 23.5 Å². The van der Waals surface area contributed by atoms with Gasteiger partial charge in [-0.15, -0.1) is 4.57 Å². The van der Waals surface area contributed by atoms with E-state index in [0.29, 0.717) is 11.3 Å². The third-order valence-corrected chi connectivity index (χ3v) is 3.37. The molecule has 24 heavy (non-hydrogen) atoms. The number of nitrogen functional groups attached to an aromatic ring is 1. The van der Waals surface area contributed by atoms with Crippen LogP contribution in [0.15, 0.2) is 65.1 Å². The fraction of sp³-hybridized carbons (Fsp3) is 0.0588. The lowest BCUT2D eigenvalue weighted by molar-refractivity contribution is -0.589. The molecule has 0 unspecified atom stereocenters. The highest BCUT2D eigenvalue weighted by Gasteiger charge is 2.49. The van der Waals surface area contributed by atoms with E-state index >= 15 is 0 Å². The van der Waals surface area contributed by atoms with Gasteiger partial charge in [-0.3, -0.25) is 4.79 Å². The molecule has 0 aliphatic heterocycles. The van der Waals surface area contributed by atoms with Crippen molar-refractivity contribution in [1.82, 2.24) is 0 Å². The number of nitrogens with zero attached hydrogens (tertiary/aromatic N) is 1. The standard InChI is InChI=1S/C17H11F3N2O2/c18-17(19,20)14(23)13-15(21)24-16(11-7-3-1-4-8-11)22(13)12-9-5-2-6-10-12/h1-10H,(H-,21,23)/p+1. The zero-order chi connectivity index (χ0) is 17.3. The number of benzene rings is 2. The maximum atomic E-state index is 13.0. The number of para-hydroxylation sites is 1. The zero-order valence-electron chi connectivity index (χ0n) is 12.2. The molecule has 122 valence electrons. The van der Waals surface area contributed by atoms with Gasteiger partial charge >= 0.3 is 23.5 Å². The fourth-order valence-electron chi connectivity index (χ4n) is 2.35. The Morgan fingerprint density at radius 2 is 1.50 bits per heavy atom. The Hall–Kier alpha value is -3.09. The second-order valence-electron chi connectivity index (χ2n) is 4.98. The Bertz CT molecular complexity index is 872. The minimum atomic E-state index is -5.07. The van der Waals surface area contributed by atoms with Crippen LogP contribution in [-0.4, -0.2) is 12.0 Å². The molecule has 2 N–H and O–H groups in total. The van der Waals surface area contributed by atoms with Crippen molar-refractivity contribution in [1.29, 1.82) is 0 Å².